The number of nitrogens with zero attached hydrogens (tertiary/aromatic N) is 2. The van der Waals surface area contributed by atoms with Gasteiger partial charge in [-0.3, -0.25) is 9.89 Å². The maximum atomic E-state index is 12.3. The molecule has 110 valence electrons. The summed E-state index contributed by atoms with van der Waals surface area (Å²) in [5.41, 5.74) is 1.59. The van der Waals surface area contributed by atoms with Gasteiger partial charge in [-0.05, 0) is 37.8 Å². The van der Waals surface area contributed by atoms with Crippen molar-refractivity contribution >= 4 is 5.91 Å². The average molecular weight is 284 g/mol. The van der Waals surface area contributed by atoms with Crippen molar-refractivity contribution in [1.82, 2.24) is 20.5 Å². The van der Waals surface area contributed by atoms with Crippen molar-refractivity contribution in [3.05, 3.63) is 35.7 Å². The highest BCUT2D eigenvalue weighted by Crippen LogP contribution is 2.42. The molecule has 3 rings (SSSR count). The molecule has 1 aromatic carbocycles. The van der Waals surface area contributed by atoms with Gasteiger partial charge < -0.3 is 5.32 Å². The molecule has 1 aliphatic carbocycles. The van der Waals surface area contributed by atoms with E-state index in [-0.39, 0.29) is 11.4 Å². The molecule has 0 spiro atoms. The number of hydrogen-bond acceptors (Lipinski definition) is 3. The zero-order valence-corrected chi connectivity index (χ0v) is 12.6. The van der Waals surface area contributed by atoms with Crippen molar-refractivity contribution in [2.45, 2.75) is 39.2 Å². The Balaban J connectivity index is 1.74. The van der Waals surface area contributed by atoms with Crippen molar-refractivity contribution in [2.24, 2.45) is 5.92 Å². The zero-order valence-electron chi connectivity index (χ0n) is 12.6. The fourth-order valence-corrected chi connectivity index (χ4v) is 2.52. The van der Waals surface area contributed by atoms with Crippen molar-refractivity contribution in [3.8, 4) is 11.4 Å². The third kappa shape index (κ3) is 2.68. The highest BCUT2D eigenvalue weighted by atomic mass is 16.1. The molecule has 0 unspecified atom stereocenters. The Bertz CT molecular complexity index is 653. The third-order valence-electron chi connectivity index (χ3n) is 4.26. The first kappa shape index (κ1) is 13.8. The second-order valence-corrected chi connectivity index (χ2v) is 6.09. The molecule has 1 aromatic heterocycles. The van der Waals surface area contributed by atoms with E-state index in [0.717, 1.165) is 24.2 Å². The van der Waals surface area contributed by atoms with Gasteiger partial charge in [0.05, 0.1) is 0 Å². The summed E-state index contributed by atoms with van der Waals surface area (Å²) >= 11 is 0. The number of carbonyl (C=O) groups excluding carboxylic acids is 1. The number of benzene rings is 1. The van der Waals surface area contributed by atoms with Gasteiger partial charge in [-0.2, -0.15) is 5.10 Å². The van der Waals surface area contributed by atoms with Gasteiger partial charge in [0.2, 0.25) is 0 Å². The number of hydrogen-bond donors (Lipinski definition) is 2. The van der Waals surface area contributed by atoms with E-state index in [2.05, 4.69) is 34.3 Å². The van der Waals surface area contributed by atoms with Crippen LogP contribution in [0.2, 0.25) is 0 Å². The van der Waals surface area contributed by atoms with Crippen LogP contribution in [0.1, 0.15) is 42.9 Å². The molecule has 1 heterocycles. The van der Waals surface area contributed by atoms with E-state index >= 15 is 0 Å². The second kappa shape index (κ2) is 4.98. The molecule has 0 saturated heterocycles. The maximum Gasteiger partial charge on any atom is 0.251 e. The van der Waals surface area contributed by atoms with E-state index in [0.29, 0.717) is 17.3 Å². The predicted molar refractivity (Wildman–Crippen MR) is 80.8 cm³/mol. The molecule has 1 fully saturated rings. The molecule has 0 atom stereocenters. The van der Waals surface area contributed by atoms with Gasteiger partial charge in [0.25, 0.3) is 5.91 Å². The molecule has 2 aromatic rings. The number of H-pyrrole nitrogens is 1. The summed E-state index contributed by atoms with van der Waals surface area (Å²) in [4.78, 5) is 16.6. The summed E-state index contributed by atoms with van der Waals surface area (Å²) in [5.74, 6) is 1.90. The predicted octanol–water partition coefficient (Wildman–Crippen LogP) is 2.70. The lowest BCUT2D eigenvalue weighted by Gasteiger charge is -2.21. The number of aryl methyl sites for hydroxylation is 1. The van der Waals surface area contributed by atoms with Crippen LogP contribution in [0.15, 0.2) is 24.3 Å². The summed E-state index contributed by atoms with van der Waals surface area (Å²) in [6.45, 7) is 6.17. The van der Waals surface area contributed by atoms with Gasteiger partial charge in [-0.15, -0.1) is 0 Å². The molecule has 0 radical (unpaired) electrons. The highest BCUT2D eigenvalue weighted by molar-refractivity contribution is 5.95. The van der Waals surface area contributed by atoms with Gasteiger partial charge in [0.1, 0.15) is 5.82 Å². The number of carbonyl (C=O) groups is 1. The first-order valence-electron chi connectivity index (χ1n) is 7.32. The first-order chi connectivity index (χ1) is 10.00. The Morgan fingerprint density at radius 1 is 1.29 bits per heavy atom. The highest BCUT2D eigenvalue weighted by Gasteiger charge is 2.46. The van der Waals surface area contributed by atoms with E-state index in [9.17, 15) is 4.79 Å². The molecule has 5 heteroatoms. The summed E-state index contributed by atoms with van der Waals surface area (Å²) in [6.07, 6.45) is 2.15. The normalized spacial score (nSPS) is 16.0. The van der Waals surface area contributed by atoms with Crippen LogP contribution in [0.3, 0.4) is 0 Å². The van der Waals surface area contributed by atoms with E-state index in [1.807, 2.05) is 31.2 Å². The number of aromatic nitrogens is 3. The minimum Gasteiger partial charge on any atom is -0.346 e. The molecule has 1 saturated carbocycles. The van der Waals surface area contributed by atoms with Gasteiger partial charge in [-0.1, -0.05) is 26.0 Å². The van der Waals surface area contributed by atoms with Crippen molar-refractivity contribution in [1.29, 1.82) is 0 Å². The molecule has 0 aliphatic heterocycles. The quantitative estimate of drug-likeness (QED) is 0.906. The smallest absolute Gasteiger partial charge is 0.251 e. The van der Waals surface area contributed by atoms with Crippen LogP contribution in [0.5, 0.6) is 0 Å². The summed E-state index contributed by atoms with van der Waals surface area (Å²) in [6, 6.07) is 7.42. The van der Waals surface area contributed by atoms with Crippen LogP contribution in [0.4, 0.5) is 0 Å². The molecular weight excluding hydrogens is 264 g/mol. The minimum absolute atomic E-state index is 0.00100. The number of amides is 1. The average Bonchev–Trinajstić information content (AvgIpc) is 3.13. The van der Waals surface area contributed by atoms with Crippen LogP contribution in [0.25, 0.3) is 11.4 Å². The number of rotatable bonds is 4. The maximum absolute atomic E-state index is 12.3. The third-order valence-corrected chi connectivity index (χ3v) is 4.26. The molecular formula is C16H20N4O. The monoisotopic (exact) mass is 284 g/mol. The molecule has 1 amide bonds. The van der Waals surface area contributed by atoms with E-state index in [4.69, 9.17) is 0 Å². The van der Waals surface area contributed by atoms with Gasteiger partial charge >= 0.3 is 0 Å². The lowest BCUT2D eigenvalue weighted by molar-refractivity contribution is 0.0918. The van der Waals surface area contributed by atoms with Crippen LogP contribution in [-0.4, -0.2) is 26.6 Å². The number of aromatic amines is 1. The Hall–Kier alpha value is -2.17. The molecule has 2 N–H and O–H groups in total. The standard InChI is InChI=1S/C16H20N4O/c1-10(2)16(8-9-16)18-15(21)13-6-4-12(5-7-13)14-17-11(3)19-20-14/h4-7,10H,8-9H2,1-3H3,(H,18,21)(H,17,19,20). The summed E-state index contributed by atoms with van der Waals surface area (Å²) in [7, 11) is 0. The van der Waals surface area contributed by atoms with Gasteiger partial charge in [-0.25, -0.2) is 4.98 Å². The summed E-state index contributed by atoms with van der Waals surface area (Å²) < 4.78 is 0. The van der Waals surface area contributed by atoms with Crippen molar-refractivity contribution in [2.75, 3.05) is 0 Å². The Morgan fingerprint density at radius 3 is 2.43 bits per heavy atom. The lowest BCUT2D eigenvalue weighted by Crippen LogP contribution is -2.40. The molecule has 0 bridgehead atoms. The summed E-state index contributed by atoms with van der Waals surface area (Å²) in [5, 5.41) is 10.1. The van der Waals surface area contributed by atoms with E-state index in [1.165, 1.54) is 0 Å². The Labute approximate surface area is 124 Å². The topological polar surface area (TPSA) is 70.7 Å². The number of nitrogens with one attached hydrogen (secondary N) is 2. The van der Waals surface area contributed by atoms with Crippen LogP contribution in [0, 0.1) is 12.8 Å². The van der Waals surface area contributed by atoms with Crippen LogP contribution < -0.4 is 5.32 Å². The zero-order chi connectivity index (χ0) is 15.0. The lowest BCUT2D eigenvalue weighted by atomic mass is 10.0. The van der Waals surface area contributed by atoms with Crippen molar-refractivity contribution < 1.29 is 4.79 Å². The Morgan fingerprint density at radius 2 is 1.95 bits per heavy atom. The van der Waals surface area contributed by atoms with E-state index < -0.39 is 0 Å². The minimum atomic E-state index is -0.00100. The fourth-order valence-electron chi connectivity index (χ4n) is 2.52. The van der Waals surface area contributed by atoms with Crippen molar-refractivity contribution in [3.63, 3.8) is 0 Å². The van der Waals surface area contributed by atoms with E-state index in [1.54, 1.807) is 0 Å². The SMILES string of the molecule is Cc1nc(-c2ccc(C(=O)NC3(C(C)C)CC3)cc2)n[nH]1. The van der Waals surface area contributed by atoms with Crippen LogP contribution in [-0.2, 0) is 0 Å². The van der Waals surface area contributed by atoms with Gasteiger partial charge in [0.15, 0.2) is 5.82 Å². The molecule has 5 nitrogen and oxygen atoms in total. The molecule has 21 heavy (non-hydrogen) atoms. The Kier molecular flexibility index (Phi) is 3.27. The second-order valence-electron chi connectivity index (χ2n) is 6.09. The first-order valence-corrected chi connectivity index (χ1v) is 7.32. The largest absolute Gasteiger partial charge is 0.346 e. The van der Waals surface area contributed by atoms with Crippen LogP contribution >= 0.6 is 0 Å². The fraction of sp³-hybridized carbons (Fsp3) is 0.438. The molecule has 1 aliphatic rings. The van der Waals surface area contributed by atoms with Gasteiger partial charge in [0, 0.05) is 16.7 Å².